The molecule has 1 aromatic heterocycles. The number of carbonyl (C=O) groups is 1. The Kier molecular flexibility index (Phi) is 4.01. The van der Waals surface area contributed by atoms with Crippen LogP contribution in [-0.4, -0.2) is 35.3 Å². The highest BCUT2D eigenvalue weighted by Crippen LogP contribution is 2.34. The molecule has 2 N–H and O–H groups in total. The number of aromatic nitrogens is 2. The van der Waals surface area contributed by atoms with Gasteiger partial charge in [0, 0.05) is 25.6 Å². The molecule has 1 aliphatic rings. The fourth-order valence-electron chi connectivity index (χ4n) is 2.12. The van der Waals surface area contributed by atoms with Crippen LogP contribution in [-0.2, 0) is 11.7 Å². The van der Waals surface area contributed by atoms with E-state index in [1.54, 1.807) is 20.8 Å². The Morgan fingerprint density at radius 3 is 2.48 bits per heavy atom. The number of alkyl halides is 3. The van der Waals surface area contributed by atoms with Crippen molar-refractivity contribution in [2.45, 2.75) is 32.5 Å². The van der Waals surface area contributed by atoms with Crippen molar-refractivity contribution in [1.29, 1.82) is 0 Å². The number of nitrogens with zero attached hydrogens (tertiary/aromatic N) is 2. The van der Waals surface area contributed by atoms with Gasteiger partial charge in [-0.15, -0.1) is 0 Å². The van der Waals surface area contributed by atoms with Gasteiger partial charge in [0.2, 0.25) is 0 Å². The van der Waals surface area contributed by atoms with Crippen molar-refractivity contribution < 1.29 is 18.0 Å². The van der Waals surface area contributed by atoms with Crippen molar-refractivity contribution >= 4 is 5.91 Å². The van der Waals surface area contributed by atoms with Crippen LogP contribution in [0.5, 0.6) is 0 Å². The minimum absolute atomic E-state index is 0.279. The Morgan fingerprint density at radius 2 is 2.05 bits per heavy atom. The Hall–Kier alpha value is -1.57. The van der Waals surface area contributed by atoms with E-state index < -0.39 is 28.9 Å². The van der Waals surface area contributed by atoms with Crippen LogP contribution in [0.15, 0.2) is 6.20 Å². The monoisotopic (exact) mass is 304 g/mol. The van der Waals surface area contributed by atoms with Gasteiger partial charge in [-0.05, 0) is 20.8 Å². The van der Waals surface area contributed by atoms with Gasteiger partial charge in [0.15, 0.2) is 5.69 Å². The van der Waals surface area contributed by atoms with E-state index in [1.807, 2.05) is 0 Å². The van der Waals surface area contributed by atoms with Gasteiger partial charge < -0.3 is 10.6 Å². The number of amides is 1. The van der Waals surface area contributed by atoms with E-state index in [1.165, 1.54) is 0 Å². The zero-order valence-electron chi connectivity index (χ0n) is 12.2. The highest BCUT2D eigenvalue weighted by molar-refractivity contribution is 5.95. The summed E-state index contributed by atoms with van der Waals surface area (Å²) >= 11 is 0. The highest BCUT2D eigenvalue weighted by atomic mass is 19.4. The SMILES string of the molecule is CC(C)(C)n1ncc(C(=O)NCC2CNC2)c1C(F)(F)F. The molecule has 2 rings (SSSR count). The number of hydrogen-bond donors (Lipinski definition) is 2. The molecule has 1 amide bonds. The summed E-state index contributed by atoms with van der Waals surface area (Å²) in [6.45, 7) is 6.73. The Balaban J connectivity index is 2.26. The van der Waals surface area contributed by atoms with E-state index in [2.05, 4.69) is 15.7 Å². The molecule has 0 aromatic carbocycles. The molecule has 8 heteroatoms. The molecule has 2 heterocycles. The molecule has 1 saturated heterocycles. The fourth-order valence-corrected chi connectivity index (χ4v) is 2.12. The van der Waals surface area contributed by atoms with Gasteiger partial charge in [-0.3, -0.25) is 9.48 Å². The van der Waals surface area contributed by atoms with Gasteiger partial charge in [0.25, 0.3) is 5.91 Å². The van der Waals surface area contributed by atoms with Crippen LogP contribution in [0.1, 0.15) is 36.8 Å². The third-order valence-electron chi connectivity index (χ3n) is 3.34. The number of nitrogens with one attached hydrogen (secondary N) is 2. The third-order valence-corrected chi connectivity index (χ3v) is 3.34. The Morgan fingerprint density at radius 1 is 1.43 bits per heavy atom. The molecule has 1 fully saturated rings. The van der Waals surface area contributed by atoms with Gasteiger partial charge in [0.1, 0.15) is 0 Å². The molecule has 0 unspecified atom stereocenters. The average Bonchev–Trinajstić information content (AvgIpc) is 2.69. The molecule has 118 valence electrons. The van der Waals surface area contributed by atoms with E-state index in [4.69, 9.17) is 0 Å². The lowest BCUT2D eigenvalue weighted by atomic mass is 10.0. The minimum Gasteiger partial charge on any atom is -0.352 e. The first-order valence-corrected chi connectivity index (χ1v) is 6.75. The number of hydrogen-bond acceptors (Lipinski definition) is 3. The summed E-state index contributed by atoms with van der Waals surface area (Å²) in [7, 11) is 0. The fraction of sp³-hybridized carbons (Fsp3) is 0.692. The molecular weight excluding hydrogens is 285 g/mol. The second-order valence-corrected chi connectivity index (χ2v) is 6.22. The lowest BCUT2D eigenvalue weighted by Gasteiger charge is -2.27. The van der Waals surface area contributed by atoms with Gasteiger partial charge in [-0.2, -0.15) is 18.3 Å². The number of halogens is 3. The van der Waals surface area contributed by atoms with Crippen LogP contribution in [0.3, 0.4) is 0 Å². The summed E-state index contributed by atoms with van der Waals surface area (Å²) in [5.41, 5.74) is -2.29. The van der Waals surface area contributed by atoms with Crippen molar-refractivity contribution in [2.75, 3.05) is 19.6 Å². The van der Waals surface area contributed by atoms with Crippen molar-refractivity contribution in [1.82, 2.24) is 20.4 Å². The highest BCUT2D eigenvalue weighted by Gasteiger charge is 2.42. The third kappa shape index (κ3) is 3.37. The smallest absolute Gasteiger partial charge is 0.352 e. The summed E-state index contributed by atoms with van der Waals surface area (Å²) in [5, 5.41) is 9.34. The van der Waals surface area contributed by atoms with Crippen LogP contribution in [0.2, 0.25) is 0 Å². The quantitative estimate of drug-likeness (QED) is 0.892. The summed E-state index contributed by atoms with van der Waals surface area (Å²) in [5.74, 6) is -0.453. The zero-order chi connectivity index (χ0) is 15.8. The first-order valence-electron chi connectivity index (χ1n) is 6.75. The minimum atomic E-state index is -4.63. The molecule has 1 aromatic rings. The first-order chi connectivity index (χ1) is 9.60. The van der Waals surface area contributed by atoms with Crippen LogP contribution in [0.25, 0.3) is 0 Å². The van der Waals surface area contributed by atoms with Gasteiger partial charge in [0.05, 0.1) is 17.3 Å². The molecule has 0 atom stereocenters. The molecule has 5 nitrogen and oxygen atoms in total. The van der Waals surface area contributed by atoms with E-state index in [0.29, 0.717) is 6.54 Å². The predicted octanol–water partition coefficient (Wildman–Crippen LogP) is 1.61. The van der Waals surface area contributed by atoms with Crippen LogP contribution >= 0.6 is 0 Å². The lowest BCUT2D eigenvalue weighted by molar-refractivity contribution is -0.146. The van der Waals surface area contributed by atoms with E-state index in [-0.39, 0.29) is 5.92 Å². The molecule has 1 aliphatic heterocycles. The van der Waals surface area contributed by atoms with E-state index >= 15 is 0 Å². The molecule has 0 radical (unpaired) electrons. The molecule has 0 bridgehead atoms. The maximum Gasteiger partial charge on any atom is 0.433 e. The van der Waals surface area contributed by atoms with Gasteiger partial charge in [-0.25, -0.2) is 0 Å². The number of carbonyl (C=O) groups excluding carboxylic acids is 1. The molecule has 0 spiro atoms. The second kappa shape index (κ2) is 5.32. The molecular formula is C13H19F3N4O. The van der Waals surface area contributed by atoms with Crippen molar-refractivity contribution in [2.24, 2.45) is 5.92 Å². The van der Waals surface area contributed by atoms with Crippen molar-refractivity contribution in [3.05, 3.63) is 17.5 Å². The van der Waals surface area contributed by atoms with Crippen molar-refractivity contribution in [3.8, 4) is 0 Å². The Bertz CT molecular complexity index is 526. The van der Waals surface area contributed by atoms with Crippen LogP contribution in [0, 0.1) is 5.92 Å². The summed E-state index contributed by atoms with van der Waals surface area (Å²) in [6, 6.07) is 0. The zero-order valence-corrected chi connectivity index (χ0v) is 12.2. The summed E-state index contributed by atoms with van der Waals surface area (Å²) < 4.78 is 40.6. The molecule has 0 aliphatic carbocycles. The average molecular weight is 304 g/mol. The topological polar surface area (TPSA) is 59.0 Å². The molecule has 21 heavy (non-hydrogen) atoms. The van der Waals surface area contributed by atoms with E-state index in [0.717, 1.165) is 24.0 Å². The van der Waals surface area contributed by atoms with Crippen LogP contribution in [0.4, 0.5) is 13.2 Å². The normalized spacial score (nSPS) is 16.7. The maximum atomic E-state index is 13.3. The second-order valence-electron chi connectivity index (χ2n) is 6.22. The largest absolute Gasteiger partial charge is 0.433 e. The number of rotatable bonds is 3. The predicted molar refractivity (Wildman–Crippen MR) is 70.9 cm³/mol. The van der Waals surface area contributed by atoms with Crippen LogP contribution < -0.4 is 10.6 Å². The van der Waals surface area contributed by atoms with E-state index in [9.17, 15) is 18.0 Å². The summed E-state index contributed by atoms with van der Waals surface area (Å²) in [6.07, 6.45) is -3.64. The first kappa shape index (κ1) is 15.8. The van der Waals surface area contributed by atoms with Gasteiger partial charge >= 0.3 is 6.18 Å². The van der Waals surface area contributed by atoms with Crippen molar-refractivity contribution in [3.63, 3.8) is 0 Å². The standard InChI is InChI=1S/C13H19F3N4O/c1-12(2,3)20-10(13(14,15)16)9(7-19-20)11(21)18-6-8-4-17-5-8/h7-8,17H,4-6H2,1-3H3,(H,18,21). The Labute approximate surface area is 120 Å². The summed E-state index contributed by atoms with van der Waals surface area (Å²) in [4.78, 5) is 12.0. The molecule has 0 saturated carbocycles. The lowest BCUT2D eigenvalue weighted by Crippen LogP contribution is -2.48. The maximum absolute atomic E-state index is 13.3. The van der Waals surface area contributed by atoms with Gasteiger partial charge in [-0.1, -0.05) is 0 Å².